The molecule has 0 unspecified atom stereocenters. The predicted octanol–water partition coefficient (Wildman–Crippen LogP) is 0.148. The number of allylic oxidation sites excluding steroid dienone is 1. The van der Waals surface area contributed by atoms with Crippen molar-refractivity contribution in [2.24, 2.45) is 11.7 Å². The standard InChI is InChI=1S/C8H14N2O2/c1-4-6(7(9)11)10-8(12)5(2)3/h4-5H,1-3H3,(H2,9,11)(H,10,12). The minimum atomic E-state index is -0.619. The lowest BCUT2D eigenvalue weighted by Gasteiger charge is -2.07. The number of carbonyl (C=O) groups is 2. The summed E-state index contributed by atoms with van der Waals surface area (Å²) in [5.41, 5.74) is 5.12. The van der Waals surface area contributed by atoms with E-state index in [9.17, 15) is 9.59 Å². The molecule has 2 amide bonds. The molecule has 0 rings (SSSR count). The van der Waals surface area contributed by atoms with E-state index in [1.165, 1.54) is 6.08 Å². The van der Waals surface area contributed by atoms with Crippen LogP contribution in [0.15, 0.2) is 11.8 Å². The first-order chi connectivity index (χ1) is 5.49. The van der Waals surface area contributed by atoms with Gasteiger partial charge in [-0.3, -0.25) is 9.59 Å². The molecule has 4 heteroatoms. The van der Waals surface area contributed by atoms with Gasteiger partial charge >= 0.3 is 0 Å². The Labute approximate surface area is 71.8 Å². The highest BCUT2D eigenvalue weighted by molar-refractivity contribution is 5.96. The van der Waals surface area contributed by atoms with E-state index in [1.54, 1.807) is 20.8 Å². The van der Waals surface area contributed by atoms with Crippen molar-refractivity contribution < 1.29 is 9.59 Å². The molecule has 0 saturated carbocycles. The number of nitrogens with two attached hydrogens (primary N) is 1. The summed E-state index contributed by atoms with van der Waals surface area (Å²) in [6, 6.07) is 0. The lowest BCUT2D eigenvalue weighted by molar-refractivity contribution is -0.125. The number of hydrogen-bond donors (Lipinski definition) is 2. The average molecular weight is 170 g/mol. The lowest BCUT2D eigenvalue weighted by atomic mass is 10.2. The van der Waals surface area contributed by atoms with E-state index in [0.29, 0.717) is 0 Å². The van der Waals surface area contributed by atoms with E-state index in [-0.39, 0.29) is 17.5 Å². The number of carbonyl (C=O) groups excluding carboxylic acids is 2. The fourth-order valence-electron chi connectivity index (χ4n) is 0.553. The second kappa shape index (κ2) is 4.54. The summed E-state index contributed by atoms with van der Waals surface area (Å²) in [5.74, 6) is -0.979. The molecule has 0 aliphatic carbocycles. The van der Waals surface area contributed by atoms with Gasteiger partial charge in [-0.25, -0.2) is 0 Å². The molecule has 12 heavy (non-hydrogen) atoms. The first-order valence-corrected chi connectivity index (χ1v) is 3.76. The molecule has 0 aromatic carbocycles. The van der Waals surface area contributed by atoms with Crippen molar-refractivity contribution >= 4 is 11.8 Å². The van der Waals surface area contributed by atoms with E-state index >= 15 is 0 Å². The van der Waals surface area contributed by atoms with Crippen molar-refractivity contribution in [2.75, 3.05) is 0 Å². The molecule has 0 atom stereocenters. The Kier molecular flexibility index (Phi) is 4.04. The van der Waals surface area contributed by atoms with Gasteiger partial charge in [0.1, 0.15) is 5.70 Å². The van der Waals surface area contributed by atoms with Crippen molar-refractivity contribution in [1.29, 1.82) is 0 Å². The van der Waals surface area contributed by atoms with E-state index in [2.05, 4.69) is 5.32 Å². The van der Waals surface area contributed by atoms with E-state index < -0.39 is 5.91 Å². The molecule has 68 valence electrons. The summed E-state index contributed by atoms with van der Waals surface area (Å²) in [7, 11) is 0. The monoisotopic (exact) mass is 170 g/mol. The van der Waals surface area contributed by atoms with E-state index in [4.69, 9.17) is 5.73 Å². The Morgan fingerprint density at radius 1 is 1.42 bits per heavy atom. The minimum Gasteiger partial charge on any atom is -0.364 e. The van der Waals surface area contributed by atoms with Crippen molar-refractivity contribution in [3.8, 4) is 0 Å². The highest BCUT2D eigenvalue weighted by Crippen LogP contribution is 1.94. The Bertz CT molecular complexity index is 219. The van der Waals surface area contributed by atoms with Crippen molar-refractivity contribution in [3.63, 3.8) is 0 Å². The van der Waals surface area contributed by atoms with Gasteiger partial charge in [0.2, 0.25) is 5.91 Å². The summed E-state index contributed by atoms with van der Waals surface area (Å²) in [5, 5.41) is 2.41. The molecular formula is C8H14N2O2. The SMILES string of the molecule is CC=C(NC(=O)C(C)C)C(N)=O. The zero-order chi connectivity index (χ0) is 9.72. The molecule has 0 aliphatic rings. The van der Waals surface area contributed by atoms with Crippen molar-refractivity contribution in [2.45, 2.75) is 20.8 Å². The Morgan fingerprint density at radius 3 is 2.17 bits per heavy atom. The third-order valence-electron chi connectivity index (χ3n) is 1.34. The molecular weight excluding hydrogens is 156 g/mol. The quantitative estimate of drug-likeness (QED) is 0.592. The molecule has 0 aromatic rings. The first-order valence-electron chi connectivity index (χ1n) is 3.76. The minimum absolute atomic E-state index is 0.147. The second-order valence-electron chi connectivity index (χ2n) is 2.71. The number of rotatable bonds is 3. The second-order valence-corrected chi connectivity index (χ2v) is 2.71. The van der Waals surface area contributed by atoms with Gasteiger partial charge in [-0.2, -0.15) is 0 Å². The average Bonchev–Trinajstić information content (AvgIpc) is 1.98. The van der Waals surface area contributed by atoms with E-state index in [0.717, 1.165) is 0 Å². The summed E-state index contributed by atoms with van der Waals surface area (Å²) >= 11 is 0. The fraction of sp³-hybridized carbons (Fsp3) is 0.500. The van der Waals surface area contributed by atoms with Crippen LogP contribution in [0, 0.1) is 5.92 Å². The number of amides is 2. The molecule has 0 saturated heterocycles. The molecule has 0 heterocycles. The molecule has 0 aromatic heterocycles. The molecule has 3 N–H and O–H groups in total. The van der Waals surface area contributed by atoms with Gasteiger partial charge in [-0.15, -0.1) is 0 Å². The van der Waals surface area contributed by atoms with Gasteiger partial charge in [0.25, 0.3) is 5.91 Å². The van der Waals surface area contributed by atoms with Gasteiger partial charge in [-0.05, 0) is 6.92 Å². The third kappa shape index (κ3) is 3.18. The van der Waals surface area contributed by atoms with Crippen LogP contribution < -0.4 is 11.1 Å². The zero-order valence-electron chi connectivity index (χ0n) is 7.55. The van der Waals surface area contributed by atoms with Gasteiger partial charge in [0, 0.05) is 5.92 Å². The van der Waals surface area contributed by atoms with Crippen LogP contribution in [0.2, 0.25) is 0 Å². The summed E-state index contributed by atoms with van der Waals surface area (Å²) in [6.07, 6.45) is 1.47. The number of hydrogen-bond acceptors (Lipinski definition) is 2. The normalized spacial score (nSPS) is 11.5. The fourth-order valence-corrected chi connectivity index (χ4v) is 0.553. The Hall–Kier alpha value is -1.32. The number of nitrogens with one attached hydrogen (secondary N) is 1. The van der Waals surface area contributed by atoms with Gasteiger partial charge in [-0.1, -0.05) is 19.9 Å². The maximum Gasteiger partial charge on any atom is 0.264 e. The molecule has 4 nitrogen and oxygen atoms in total. The highest BCUT2D eigenvalue weighted by atomic mass is 16.2. The van der Waals surface area contributed by atoms with Crippen LogP contribution in [0.1, 0.15) is 20.8 Å². The van der Waals surface area contributed by atoms with Crippen LogP contribution in [0.25, 0.3) is 0 Å². The third-order valence-corrected chi connectivity index (χ3v) is 1.34. The van der Waals surface area contributed by atoms with Gasteiger partial charge in [0.05, 0.1) is 0 Å². The predicted molar refractivity (Wildman–Crippen MR) is 45.9 cm³/mol. The van der Waals surface area contributed by atoms with Crippen molar-refractivity contribution in [1.82, 2.24) is 5.32 Å². The van der Waals surface area contributed by atoms with Crippen LogP contribution in [0.5, 0.6) is 0 Å². The van der Waals surface area contributed by atoms with Crippen LogP contribution in [0.4, 0.5) is 0 Å². The largest absolute Gasteiger partial charge is 0.364 e. The first kappa shape index (κ1) is 10.7. The Morgan fingerprint density at radius 2 is 1.92 bits per heavy atom. The summed E-state index contributed by atoms with van der Waals surface area (Å²) in [4.78, 5) is 21.7. The molecule has 0 bridgehead atoms. The summed E-state index contributed by atoms with van der Waals surface area (Å²) < 4.78 is 0. The zero-order valence-corrected chi connectivity index (χ0v) is 7.55. The van der Waals surface area contributed by atoms with Crippen LogP contribution in [-0.2, 0) is 9.59 Å². The molecule has 0 fully saturated rings. The van der Waals surface area contributed by atoms with Crippen molar-refractivity contribution in [3.05, 3.63) is 11.8 Å². The van der Waals surface area contributed by atoms with Crippen LogP contribution in [0.3, 0.4) is 0 Å². The molecule has 0 radical (unpaired) electrons. The molecule has 0 aliphatic heterocycles. The smallest absolute Gasteiger partial charge is 0.264 e. The maximum atomic E-state index is 11.1. The van der Waals surface area contributed by atoms with Crippen LogP contribution >= 0.6 is 0 Å². The topological polar surface area (TPSA) is 72.2 Å². The maximum absolute atomic E-state index is 11.1. The number of primary amides is 1. The van der Waals surface area contributed by atoms with Crippen LogP contribution in [-0.4, -0.2) is 11.8 Å². The van der Waals surface area contributed by atoms with Gasteiger partial charge in [0.15, 0.2) is 0 Å². The lowest BCUT2D eigenvalue weighted by Crippen LogP contribution is -2.33. The summed E-state index contributed by atoms with van der Waals surface area (Å²) in [6.45, 7) is 5.12. The Balaban J connectivity index is 4.24. The highest BCUT2D eigenvalue weighted by Gasteiger charge is 2.10. The molecule has 0 spiro atoms. The van der Waals surface area contributed by atoms with Gasteiger partial charge < -0.3 is 11.1 Å². The van der Waals surface area contributed by atoms with E-state index in [1.807, 2.05) is 0 Å².